The van der Waals surface area contributed by atoms with Crippen molar-refractivity contribution in [2.24, 2.45) is 0 Å². The number of carbonyl (C=O) groups excluding carboxylic acids is 1. The molecule has 0 saturated carbocycles. The number of piperazine rings is 1. The predicted octanol–water partition coefficient (Wildman–Crippen LogP) is 1.82. The zero-order valence-electron chi connectivity index (χ0n) is 10.4. The van der Waals surface area contributed by atoms with Crippen LogP contribution in [-0.2, 0) is 0 Å². The first kappa shape index (κ1) is 14.7. The Morgan fingerprint density at radius 3 is 2.05 bits per heavy atom. The van der Waals surface area contributed by atoms with Crippen molar-refractivity contribution in [2.75, 3.05) is 19.6 Å². The fraction of sp³-hybridized carbons (Fsp3) is 0.417. The monoisotopic (exact) mass is 294 g/mol. The van der Waals surface area contributed by atoms with E-state index in [2.05, 4.69) is 5.32 Å². The molecule has 0 unspecified atom stereocenters. The number of halogens is 5. The molecule has 110 valence electrons. The highest BCUT2D eigenvalue weighted by molar-refractivity contribution is 5.95. The van der Waals surface area contributed by atoms with Gasteiger partial charge in [-0.1, -0.05) is 0 Å². The largest absolute Gasteiger partial charge is 0.336 e. The minimum Gasteiger partial charge on any atom is -0.336 e. The van der Waals surface area contributed by atoms with Gasteiger partial charge in [-0.3, -0.25) is 4.79 Å². The third-order valence-electron chi connectivity index (χ3n) is 3.08. The van der Waals surface area contributed by atoms with Gasteiger partial charge in [-0.25, -0.2) is 22.0 Å². The maximum atomic E-state index is 13.5. The van der Waals surface area contributed by atoms with E-state index in [1.165, 1.54) is 0 Å². The molecule has 0 aliphatic carbocycles. The molecule has 1 atom stereocenters. The van der Waals surface area contributed by atoms with Gasteiger partial charge >= 0.3 is 0 Å². The lowest BCUT2D eigenvalue weighted by Crippen LogP contribution is -2.51. The normalized spacial score (nSPS) is 19.3. The van der Waals surface area contributed by atoms with Crippen LogP contribution in [0.2, 0.25) is 0 Å². The molecular formula is C12H11F5N2O. The second kappa shape index (κ2) is 5.35. The zero-order valence-corrected chi connectivity index (χ0v) is 10.4. The summed E-state index contributed by atoms with van der Waals surface area (Å²) in [5, 5.41) is 2.99. The fourth-order valence-electron chi connectivity index (χ4n) is 2.07. The molecule has 0 bridgehead atoms. The molecule has 1 amide bonds. The van der Waals surface area contributed by atoms with Crippen molar-refractivity contribution in [3.8, 4) is 0 Å². The van der Waals surface area contributed by atoms with Crippen molar-refractivity contribution in [3.05, 3.63) is 34.6 Å². The van der Waals surface area contributed by atoms with Crippen molar-refractivity contribution in [2.45, 2.75) is 13.0 Å². The molecule has 3 nitrogen and oxygen atoms in total. The van der Waals surface area contributed by atoms with E-state index < -0.39 is 40.6 Å². The molecule has 1 heterocycles. The molecule has 20 heavy (non-hydrogen) atoms. The van der Waals surface area contributed by atoms with Crippen molar-refractivity contribution < 1.29 is 26.7 Å². The summed E-state index contributed by atoms with van der Waals surface area (Å²) < 4.78 is 66.1. The summed E-state index contributed by atoms with van der Waals surface area (Å²) in [5.41, 5.74) is -1.41. The van der Waals surface area contributed by atoms with Gasteiger partial charge < -0.3 is 10.2 Å². The lowest BCUT2D eigenvalue weighted by molar-refractivity contribution is 0.0695. The Bertz CT molecular complexity index is 534. The third kappa shape index (κ3) is 2.35. The highest BCUT2D eigenvalue weighted by Gasteiger charge is 2.33. The van der Waals surface area contributed by atoms with Crippen molar-refractivity contribution in [3.63, 3.8) is 0 Å². The topological polar surface area (TPSA) is 32.3 Å². The molecule has 1 fully saturated rings. The molecule has 1 saturated heterocycles. The number of hydrogen-bond donors (Lipinski definition) is 1. The molecule has 0 aromatic heterocycles. The van der Waals surface area contributed by atoms with Gasteiger partial charge in [-0.15, -0.1) is 0 Å². The molecule has 1 aromatic rings. The Kier molecular flexibility index (Phi) is 3.94. The molecule has 1 aliphatic rings. The van der Waals surface area contributed by atoms with E-state index in [1.807, 2.05) is 0 Å². The van der Waals surface area contributed by atoms with Gasteiger partial charge in [0.25, 0.3) is 5.91 Å². The van der Waals surface area contributed by atoms with E-state index in [1.54, 1.807) is 6.92 Å². The number of amides is 1. The lowest BCUT2D eigenvalue weighted by atomic mass is 10.1. The maximum Gasteiger partial charge on any atom is 0.260 e. The minimum atomic E-state index is -2.27. The SMILES string of the molecule is C[C@@H]1CN(C(=O)c2c(F)c(F)c(F)c(F)c2F)CCN1. The van der Waals surface area contributed by atoms with Crippen LogP contribution in [-0.4, -0.2) is 36.5 Å². The first-order valence-corrected chi connectivity index (χ1v) is 5.88. The zero-order chi connectivity index (χ0) is 15.0. The molecular weight excluding hydrogens is 283 g/mol. The van der Waals surface area contributed by atoms with E-state index >= 15 is 0 Å². The summed E-state index contributed by atoms with van der Waals surface area (Å²) in [5.74, 6) is -11.9. The number of nitrogens with zero attached hydrogens (tertiary/aromatic N) is 1. The summed E-state index contributed by atoms with van der Waals surface area (Å²) in [7, 11) is 0. The Labute approximate surface area is 111 Å². The highest BCUT2D eigenvalue weighted by Crippen LogP contribution is 2.24. The Morgan fingerprint density at radius 1 is 1.05 bits per heavy atom. The molecule has 0 radical (unpaired) electrons. The second-order valence-corrected chi connectivity index (χ2v) is 4.55. The van der Waals surface area contributed by atoms with Gasteiger partial charge in [-0.2, -0.15) is 0 Å². The molecule has 8 heteroatoms. The third-order valence-corrected chi connectivity index (χ3v) is 3.08. The summed E-state index contributed by atoms with van der Waals surface area (Å²) in [4.78, 5) is 13.0. The van der Waals surface area contributed by atoms with Crippen LogP contribution in [0, 0.1) is 29.1 Å². The highest BCUT2D eigenvalue weighted by atomic mass is 19.2. The van der Waals surface area contributed by atoms with Crippen LogP contribution in [0.4, 0.5) is 22.0 Å². The van der Waals surface area contributed by atoms with Crippen molar-refractivity contribution >= 4 is 5.91 Å². The van der Waals surface area contributed by atoms with E-state index in [4.69, 9.17) is 0 Å². The van der Waals surface area contributed by atoms with Gasteiger partial charge in [0.1, 0.15) is 5.56 Å². The Hall–Kier alpha value is -1.70. The average molecular weight is 294 g/mol. The second-order valence-electron chi connectivity index (χ2n) is 4.55. The van der Waals surface area contributed by atoms with E-state index in [-0.39, 0.29) is 19.1 Å². The smallest absolute Gasteiger partial charge is 0.260 e. The molecule has 1 N–H and O–H groups in total. The van der Waals surface area contributed by atoms with Gasteiger partial charge in [0.2, 0.25) is 5.82 Å². The van der Waals surface area contributed by atoms with Crippen LogP contribution >= 0.6 is 0 Å². The van der Waals surface area contributed by atoms with Gasteiger partial charge in [0, 0.05) is 25.7 Å². The van der Waals surface area contributed by atoms with E-state index in [9.17, 15) is 26.7 Å². The summed E-state index contributed by atoms with van der Waals surface area (Å²) >= 11 is 0. The fourth-order valence-corrected chi connectivity index (χ4v) is 2.07. The number of carbonyl (C=O) groups is 1. The summed E-state index contributed by atoms with van der Waals surface area (Å²) in [6.45, 7) is 2.36. The Morgan fingerprint density at radius 2 is 1.55 bits per heavy atom. The quantitative estimate of drug-likeness (QED) is 0.487. The summed E-state index contributed by atoms with van der Waals surface area (Å²) in [6.07, 6.45) is 0. The van der Waals surface area contributed by atoms with Gasteiger partial charge in [0.05, 0.1) is 0 Å². The first-order chi connectivity index (χ1) is 9.34. The Balaban J connectivity index is 2.44. The van der Waals surface area contributed by atoms with Gasteiger partial charge in [0.15, 0.2) is 23.3 Å². The first-order valence-electron chi connectivity index (χ1n) is 5.88. The summed E-state index contributed by atoms with van der Waals surface area (Å²) in [6, 6.07) is -0.131. The van der Waals surface area contributed by atoms with E-state index in [0.29, 0.717) is 6.54 Å². The van der Waals surface area contributed by atoms with Crippen LogP contribution in [0.5, 0.6) is 0 Å². The maximum absolute atomic E-state index is 13.5. The van der Waals surface area contributed by atoms with Crippen LogP contribution in [0.1, 0.15) is 17.3 Å². The van der Waals surface area contributed by atoms with Gasteiger partial charge in [-0.05, 0) is 6.92 Å². The lowest BCUT2D eigenvalue weighted by Gasteiger charge is -2.32. The van der Waals surface area contributed by atoms with E-state index in [0.717, 1.165) is 4.90 Å². The molecule has 1 aliphatic heterocycles. The standard InChI is InChI=1S/C12H11F5N2O/c1-5-4-19(3-2-18-5)12(20)6-7(13)9(15)11(17)10(16)8(6)14/h5,18H,2-4H2,1H3/t5-/m1/s1. The number of rotatable bonds is 1. The number of hydrogen-bond acceptors (Lipinski definition) is 2. The van der Waals surface area contributed by atoms with Crippen LogP contribution < -0.4 is 5.32 Å². The van der Waals surface area contributed by atoms with Crippen molar-refractivity contribution in [1.29, 1.82) is 0 Å². The van der Waals surface area contributed by atoms with Crippen LogP contribution in [0.25, 0.3) is 0 Å². The van der Waals surface area contributed by atoms with Crippen LogP contribution in [0.3, 0.4) is 0 Å². The number of benzene rings is 1. The predicted molar refractivity (Wildman–Crippen MR) is 59.6 cm³/mol. The number of nitrogens with one attached hydrogen (secondary N) is 1. The molecule has 1 aromatic carbocycles. The molecule has 0 spiro atoms. The van der Waals surface area contributed by atoms with Crippen molar-refractivity contribution in [1.82, 2.24) is 10.2 Å². The molecule has 2 rings (SSSR count). The van der Waals surface area contributed by atoms with Crippen LogP contribution in [0.15, 0.2) is 0 Å². The average Bonchev–Trinajstić information content (AvgIpc) is 2.43. The minimum absolute atomic E-state index is 0.123.